The molecule has 0 saturated carbocycles. The van der Waals surface area contributed by atoms with Gasteiger partial charge in [0.25, 0.3) is 5.91 Å². The molecule has 0 fully saturated rings. The van der Waals surface area contributed by atoms with E-state index in [2.05, 4.69) is 9.97 Å². The molecule has 1 heterocycles. The standard InChI is InChI=1S/C16H18ClN3O2/c1-3-14(22-15-7-5-4-6-13(15)17)16(21)20(2)11-12-10-18-8-9-19-12/h4-10,14H,3,11H2,1-2H3/t14-/m0/s1. The molecule has 1 aromatic heterocycles. The summed E-state index contributed by atoms with van der Waals surface area (Å²) in [5.74, 6) is 0.394. The van der Waals surface area contributed by atoms with E-state index < -0.39 is 6.10 Å². The molecule has 6 heteroatoms. The molecule has 5 nitrogen and oxygen atoms in total. The van der Waals surface area contributed by atoms with Gasteiger partial charge in [0, 0.05) is 19.4 Å². The van der Waals surface area contributed by atoms with Crippen LogP contribution in [-0.2, 0) is 11.3 Å². The van der Waals surface area contributed by atoms with Crippen LogP contribution in [0.3, 0.4) is 0 Å². The van der Waals surface area contributed by atoms with E-state index in [0.717, 1.165) is 5.69 Å². The van der Waals surface area contributed by atoms with Crippen LogP contribution >= 0.6 is 11.6 Å². The Morgan fingerprint density at radius 3 is 2.77 bits per heavy atom. The Morgan fingerprint density at radius 2 is 2.14 bits per heavy atom. The number of likely N-dealkylation sites (N-methyl/N-ethyl adjacent to an activating group) is 1. The fraction of sp³-hybridized carbons (Fsp3) is 0.312. The predicted molar refractivity (Wildman–Crippen MR) is 84.7 cm³/mol. The Kier molecular flexibility index (Phi) is 5.72. The monoisotopic (exact) mass is 319 g/mol. The van der Waals surface area contributed by atoms with Crippen LogP contribution in [0, 0.1) is 0 Å². The summed E-state index contributed by atoms with van der Waals surface area (Å²) in [6.45, 7) is 2.28. The van der Waals surface area contributed by atoms with Crippen molar-refractivity contribution < 1.29 is 9.53 Å². The number of nitrogens with zero attached hydrogens (tertiary/aromatic N) is 3. The Bertz CT molecular complexity index is 622. The third kappa shape index (κ3) is 4.18. The van der Waals surface area contributed by atoms with Crippen LogP contribution < -0.4 is 4.74 Å². The van der Waals surface area contributed by atoms with Crippen molar-refractivity contribution in [2.75, 3.05) is 7.05 Å². The maximum Gasteiger partial charge on any atom is 0.263 e. The highest BCUT2D eigenvalue weighted by Gasteiger charge is 2.23. The van der Waals surface area contributed by atoms with Gasteiger partial charge in [-0.15, -0.1) is 0 Å². The molecule has 1 aromatic carbocycles. The van der Waals surface area contributed by atoms with Crippen LogP contribution in [0.15, 0.2) is 42.9 Å². The lowest BCUT2D eigenvalue weighted by atomic mass is 10.2. The number of rotatable bonds is 6. The van der Waals surface area contributed by atoms with E-state index in [0.29, 0.717) is 23.7 Å². The van der Waals surface area contributed by atoms with Crippen LogP contribution in [0.4, 0.5) is 0 Å². The first-order valence-corrected chi connectivity index (χ1v) is 7.40. The van der Waals surface area contributed by atoms with Crippen LogP contribution in [0.25, 0.3) is 0 Å². The summed E-state index contributed by atoms with van der Waals surface area (Å²) in [5, 5.41) is 0.491. The van der Waals surface area contributed by atoms with Crippen molar-refractivity contribution in [2.24, 2.45) is 0 Å². The number of aromatic nitrogens is 2. The third-order valence-electron chi connectivity index (χ3n) is 3.14. The minimum atomic E-state index is -0.582. The number of benzene rings is 1. The quantitative estimate of drug-likeness (QED) is 0.821. The number of carbonyl (C=O) groups excluding carboxylic acids is 1. The highest BCUT2D eigenvalue weighted by molar-refractivity contribution is 6.32. The molecule has 2 aromatic rings. The second-order valence-corrected chi connectivity index (χ2v) is 5.24. The highest BCUT2D eigenvalue weighted by Crippen LogP contribution is 2.25. The van der Waals surface area contributed by atoms with Crippen LogP contribution in [0.1, 0.15) is 19.0 Å². The van der Waals surface area contributed by atoms with Crippen LogP contribution in [-0.4, -0.2) is 33.9 Å². The normalized spacial score (nSPS) is 11.8. The molecule has 0 aliphatic carbocycles. The summed E-state index contributed by atoms with van der Waals surface area (Å²) in [5.41, 5.74) is 0.728. The van der Waals surface area contributed by atoms with Gasteiger partial charge in [-0.1, -0.05) is 30.7 Å². The summed E-state index contributed by atoms with van der Waals surface area (Å²) >= 11 is 6.07. The lowest BCUT2D eigenvalue weighted by Crippen LogP contribution is -2.39. The van der Waals surface area contributed by atoms with E-state index in [-0.39, 0.29) is 5.91 Å². The molecule has 22 heavy (non-hydrogen) atoms. The first kappa shape index (κ1) is 16.2. The minimum absolute atomic E-state index is 0.118. The molecule has 2 rings (SSSR count). The van der Waals surface area contributed by atoms with Crippen molar-refractivity contribution in [1.82, 2.24) is 14.9 Å². The van der Waals surface area contributed by atoms with Gasteiger partial charge in [-0.05, 0) is 18.6 Å². The average Bonchev–Trinajstić information content (AvgIpc) is 2.54. The zero-order valence-corrected chi connectivity index (χ0v) is 13.3. The van der Waals surface area contributed by atoms with E-state index in [1.807, 2.05) is 19.1 Å². The molecule has 0 unspecified atom stereocenters. The van der Waals surface area contributed by atoms with Gasteiger partial charge in [-0.25, -0.2) is 0 Å². The number of carbonyl (C=O) groups is 1. The summed E-state index contributed by atoms with van der Waals surface area (Å²) in [7, 11) is 1.72. The lowest BCUT2D eigenvalue weighted by Gasteiger charge is -2.23. The van der Waals surface area contributed by atoms with Gasteiger partial charge in [-0.3, -0.25) is 14.8 Å². The third-order valence-corrected chi connectivity index (χ3v) is 3.46. The van der Waals surface area contributed by atoms with Crippen molar-refractivity contribution in [3.8, 4) is 5.75 Å². The van der Waals surface area contributed by atoms with Crippen molar-refractivity contribution in [2.45, 2.75) is 26.0 Å². The average molecular weight is 320 g/mol. The molecule has 0 aliphatic heterocycles. The number of amides is 1. The van der Waals surface area contributed by atoms with Gasteiger partial charge in [0.2, 0.25) is 0 Å². The SMILES string of the molecule is CC[C@H](Oc1ccccc1Cl)C(=O)N(C)Cc1cnccn1. The number of hydrogen-bond acceptors (Lipinski definition) is 4. The van der Waals surface area contributed by atoms with E-state index in [1.54, 1.807) is 42.7 Å². The Labute approximate surface area is 134 Å². The second kappa shape index (κ2) is 7.75. The van der Waals surface area contributed by atoms with Crippen molar-refractivity contribution in [3.63, 3.8) is 0 Å². The molecular formula is C16H18ClN3O2. The molecule has 0 aliphatic rings. The first-order chi connectivity index (χ1) is 10.6. The largest absolute Gasteiger partial charge is 0.479 e. The van der Waals surface area contributed by atoms with Crippen molar-refractivity contribution >= 4 is 17.5 Å². The number of hydrogen-bond donors (Lipinski definition) is 0. The molecule has 0 saturated heterocycles. The molecule has 0 bridgehead atoms. The fourth-order valence-electron chi connectivity index (χ4n) is 1.98. The van der Waals surface area contributed by atoms with Crippen LogP contribution in [0.2, 0.25) is 5.02 Å². The van der Waals surface area contributed by atoms with E-state index >= 15 is 0 Å². The first-order valence-electron chi connectivity index (χ1n) is 7.03. The summed E-state index contributed by atoms with van der Waals surface area (Å²) in [4.78, 5) is 22.2. The molecule has 0 spiro atoms. The van der Waals surface area contributed by atoms with Crippen LogP contribution in [0.5, 0.6) is 5.75 Å². The van der Waals surface area contributed by atoms with Gasteiger partial charge in [-0.2, -0.15) is 0 Å². The topological polar surface area (TPSA) is 55.3 Å². The zero-order chi connectivity index (χ0) is 15.9. The predicted octanol–water partition coefficient (Wildman–Crippen LogP) is 2.95. The molecule has 0 radical (unpaired) electrons. The van der Waals surface area contributed by atoms with E-state index in [1.165, 1.54) is 0 Å². The summed E-state index contributed by atoms with van der Waals surface area (Å²) in [6.07, 6.45) is 4.81. The number of para-hydroxylation sites is 1. The van der Waals surface area contributed by atoms with Crippen molar-refractivity contribution in [1.29, 1.82) is 0 Å². The van der Waals surface area contributed by atoms with Gasteiger partial charge >= 0.3 is 0 Å². The maximum absolute atomic E-state index is 12.5. The summed E-state index contributed by atoms with van der Waals surface area (Å²) < 4.78 is 5.76. The molecule has 0 N–H and O–H groups in total. The second-order valence-electron chi connectivity index (χ2n) is 4.84. The van der Waals surface area contributed by atoms with E-state index in [9.17, 15) is 4.79 Å². The smallest absolute Gasteiger partial charge is 0.263 e. The summed E-state index contributed by atoms with van der Waals surface area (Å²) in [6, 6.07) is 7.12. The molecular weight excluding hydrogens is 302 g/mol. The maximum atomic E-state index is 12.5. The van der Waals surface area contributed by atoms with E-state index in [4.69, 9.17) is 16.3 Å². The van der Waals surface area contributed by atoms with Crippen molar-refractivity contribution in [3.05, 3.63) is 53.6 Å². The fourth-order valence-corrected chi connectivity index (χ4v) is 2.16. The lowest BCUT2D eigenvalue weighted by molar-refractivity contribution is -0.138. The zero-order valence-electron chi connectivity index (χ0n) is 12.6. The Balaban J connectivity index is 2.03. The highest BCUT2D eigenvalue weighted by atomic mass is 35.5. The van der Waals surface area contributed by atoms with Gasteiger partial charge in [0.15, 0.2) is 6.10 Å². The number of ether oxygens (including phenoxy) is 1. The molecule has 1 amide bonds. The van der Waals surface area contributed by atoms with Gasteiger partial charge in [0.05, 0.1) is 23.5 Å². The molecule has 1 atom stereocenters. The number of halogens is 1. The van der Waals surface area contributed by atoms with Gasteiger partial charge < -0.3 is 9.64 Å². The molecule has 116 valence electrons. The van der Waals surface area contributed by atoms with Gasteiger partial charge in [0.1, 0.15) is 5.75 Å². The Morgan fingerprint density at radius 1 is 1.36 bits per heavy atom. The minimum Gasteiger partial charge on any atom is -0.479 e. The Hall–Kier alpha value is -2.14.